The van der Waals surface area contributed by atoms with Gasteiger partial charge in [0.2, 0.25) is 0 Å². The minimum atomic E-state index is 0. The van der Waals surface area contributed by atoms with Crippen molar-refractivity contribution >= 4 is 40.4 Å². The van der Waals surface area contributed by atoms with E-state index in [0.29, 0.717) is 6.61 Å². The maximum atomic E-state index is 9.06. The second-order valence-corrected chi connectivity index (χ2v) is 0.516. The fourth-order valence-corrected chi connectivity index (χ4v) is 0.0589. The van der Waals surface area contributed by atoms with Crippen LogP contribution in [0.1, 0.15) is 6.92 Å². The van der Waals surface area contributed by atoms with Gasteiger partial charge in [0.05, 0.1) is 0 Å². The van der Waals surface area contributed by atoms with E-state index in [9.17, 15) is 0 Å². The summed E-state index contributed by atoms with van der Waals surface area (Å²) in [5, 5.41) is 0. The van der Waals surface area contributed by atoms with Gasteiger partial charge in [0.25, 0.3) is 0 Å². The van der Waals surface area contributed by atoms with Crippen LogP contribution in [0.2, 0.25) is 0 Å². The monoisotopic (exact) mass is 273 g/mol. The van der Waals surface area contributed by atoms with E-state index in [0.717, 1.165) is 0 Å². The summed E-state index contributed by atoms with van der Waals surface area (Å²) in [7, 11) is 0. The van der Waals surface area contributed by atoms with E-state index >= 15 is 0 Å². The molecule has 97 valence electrons. The van der Waals surface area contributed by atoms with Crippen LogP contribution in [0, 0.1) is 0 Å². The standard InChI is InChI=1S/C3H5O2.5CHO.Mn/c1-2-5-3-4;5*1-2;/h2H2,1H3;5*1H;/q6*-1;. The first-order valence-electron chi connectivity index (χ1n) is 2.58. The Balaban J connectivity index is -0.0000000130. The maximum absolute atomic E-state index is 9.06. The minimum Gasteiger partial charge on any atom is -0.653 e. The summed E-state index contributed by atoms with van der Waals surface area (Å²) in [5.74, 6) is 0. The van der Waals surface area contributed by atoms with Crippen LogP contribution in [0.4, 0.5) is 0 Å². The Kier molecular flexibility index (Phi) is 3350. The number of hydrogen-bond donors (Lipinski definition) is 0. The Morgan fingerprint density at radius 1 is 0.812 bits per heavy atom. The van der Waals surface area contributed by atoms with Gasteiger partial charge in [-0.05, 0) is 6.92 Å². The quantitative estimate of drug-likeness (QED) is 0.350. The second-order valence-electron chi connectivity index (χ2n) is 0.516. The first-order chi connectivity index (χ1) is 7.41. The van der Waals surface area contributed by atoms with Gasteiger partial charge in [0.15, 0.2) is 0 Å². The minimum absolute atomic E-state index is 0. The van der Waals surface area contributed by atoms with Gasteiger partial charge in [-0.3, -0.25) is 33.9 Å². The van der Waals surface area contributed by atoms with E-state index in [2.05, 4.69) is 38.7 Å². The fourth-order valence-electron chi connectivity index (χ4n) is 0.0589. The molecule has 0 unspecified atom stereocenters. The van der Waals surface area contributed by atoms with Gasteiger partial charge < -0.3 is 33.5 Å². The molecular weight excluding hydrogens is 263 g/mol. The molecule has 0 aromatic rings. The zero-order valence-corrected chi connectivity index (χ0v) is 9.51. The molecule has 7 nitrogen and oxygen atoms in total. The molecule has 0 spiro atoms. The van der Waals surface area contributed by atoms with Gasteiger partial charge in [-0.2, -0.15) is 0 Å². The smallest absolute Gasteiger partial charge is 0.0451 e. The molecule has 8 heteroatoms. The maximum Gasteiger partial charge on any atom is 0.0451 e. The van der Waals surface area contributed by atoms with E-state index in [1.54, 1.807) is 6.92 Å². The average molecular weight is 273 g/mol. The topological polar surface area (TPSA) is 112 Å². The predicted octanol–water partition coefficient (Wildman–Crippen LogP) is -1.28. The van der Waals surface area contributed by atoms with Gasteiger partial charge >= 0.3 is 0 Å². The summed E-state index contributed by atoms with van der Waals surface area (Å²) < 4.78 is 4.03. The predicted molar refractivity (Wildman–Crippen MR) is 51.1 cm³/mol. The summed E-state index contributed by atoms with van der Waals surface area (Å²) in [6.07, 6.45) is 0. The van der Waals surface area contributed by atoms with Gasteiger partial charge in [0.1, 0.15) is 0 Å². The molecule has 1 radical (unpaired) electrons. The molecule has 0 fully saturated rings. The Morgan fingerprint density at radius 3 is 1.00 bits per heavy atom. The van der Waals surface area contributed by atoms with E-state index in [4.69, 9.17) is 28.8 Å². The van der Waals surface area contributed by atoms with Crippen molar-refractivity contribution < 1.29 is 50.6 Å². The normalized spacial score (nSPS) is 3.31. The van der Waals surface area contributed by atoms with Crippen molar-refractivity contribution in [3.8, 4) is 0 Å². The molecule has 0 saturated heterocycles. The molecule has 0 atom stereocenters. The van der Waals surface area contributed by atoms with Crippen LogP contribution < -0.4 is 0 Å². The van der Waals surface area contributed by atoms with Crippen LogP contribution in [-0.4, -0.2) is 47.0 Å². The number of rotatable bonds is 2. The van der Waals surface area contributed by atoms with Crippen LogP contribution in [0.25, 0.3) is 0 Å². The molecular formula is C8H10MnO7-6. The largest absolute Gasteiger partial charge is 0.653 e. The van der Waals surface area contributed by atoms with Gasteiger partial charge in [-0.25, -0.2) is 0 Å². The molecule has 0 heterocycles. The van der Waals surface area contributed by atoms with Crippen molar-refractivity contribution in [2.45, 2.75) is 6.92 Å². The van der Waals surface area contributed by atoms with Crippen molar-refractivity contribution in [1.29, 1.82) is 0 Å². The zero-order chi connectivity index (χ0) is 14.1. The molecule has 0 N–H and O–H groups in total. The molecule has 0 rings (SSSR count). The van der Waals surface area contributed by atoms with Crippen molar-refractivity contribution in [1.82, 2.24) is 0 Å². The fraction of sp³-hybridized carbons (Fsp3) is 0.250. The Morgan fingerprint density at radius 2 is 1.00 bits per heavy atom. The van der Waals surface area contributed by atoms with Gasteiger partial charge in [-0.15, -0.1) is 0 Å². The first-order valence-corrected chi connectivity index (χ1v) is 2.58. The van der Waals surface area contributed by atoms with Crippen LogP contribution in [0.5, 0.6) is 0 Å². The van der Waals surface area contributed by atoms with Crippen LogP contribution in [0.15, 0.2) is 0 Å². The molecule has 16 heavy (non-hydrogen) atoms. The number of carbonyl (C=O) groups excluding carboxylic acids is 6. The summed E-state index contributed by atoms with van der Waals surface area (Å²) in [6.45, 7) is 19.7. The summed E-state index contributed by atoms with van der Waals surface area (Å²) in [4.78, 5) is 47.8. The van der Waals surface area contributed by atoms with E-state index in [1.165, 1.54) is 6.47 Å². The first kappa shape index (κ1) is 47.4. The molecule has 0 aliphatic rings. The van der Waals surface area contributed by atoms with Crippen LogP contribution >= 0.6 is 0 Å². The summed E-state index contributed by atoms with van der Waals surface area (Å²) in [5.41, 5.74) is 0. The Hall–Kier alpha value is -1.66. The van der Waals surface area contributed by atoms with E-state index in [1.807, 2.05) is 0 Å². The number of hydrogen-bond acceptors (Lipinski definition) is 7. The third-order valence-electron chi connectivity index (χ3n) is 0.203. The van der Waals surface area contributed by atoms with Gasteiger partial charge in [0, 0.05) is 23.7 Å². The molecule has 0 saturated carbocycles. The number of ether oxygens (including phenoxy) is 1. The molecule has 0 aromatic heterocycles. The Labute approximate surface area is 105 Å². The van der Waals surface area contributed by atoms with Crippen LogP contribution in [0.3, 0.4) is 0 Å². The van der Waals surface area contributed by atoms with Crippen molar-refractivity contribution in [3.05, 3.63) is 0 Å². The molecule has 0 bridgehead atoms. The van der Waals surface area contributed by atoms with E-state index < -0.39 is 0 Å². The molecule has 0 aliphatic carbocycles. The molecule has 0 aromatic carbocycles. The average Bonchev–Trinajstić information content (AvgIpc) is 2.42. The zero-order valence-electron chi connectivity index (χ0n) is 8.33. The van der Waals surface area contributed by atoms with E-state index in [-0.39, 0.29) is 17.1 Å². The second kappa shape index (κ2) is 1130. The Bertz CT molecular complexity index is 73.2. The van der Waals surface area contributed by atoms with Crippen LogP contribution in [-0.2, 0) is 50.6 Å². The SMILES string of the molecule is CCO[C-]=O.[CH-]=O.[CH-]=O.[CH-]=O.[CH-]=O.[CH-]=O.[Mn]. The molecule has 0 amide bonds. The summed E-state index contributed by atoms with van der Waals surface area (Å²) >= 11 is 0. The van der Waals surface area contributed by atoms with Crippen molar-refractivity contribution in [2.24, 2.45) is 0 Å². The third kappa shape index (κ3) is 13800. The third-order valence-corrected chi connectivity index (χ3v) is 0.203. The van der Waals surface area contributed by atoms with Crippen molar-refractivity contribution in [2.75, 3.05) is 6.61 Å². The molecule has 0 aliphatic heterocycles. The van der Waals surface area contributed by atoms with Crippen molar-refractivity contribution in [3.63, 3.8) is 0 Å². The summed E-state index contributed by atoms with van der Waals surface area (Å²) in [6, 6.07) is 0. The van der Waals surface area contributed by atoms with Gasteiger partial charge in [-0.1, -0.05) is 6.47 Å².